The molecule has 2 fully saturated rings. The molecule has 1 amide bonds. The number of amides is 1. The topological polar surface area (TPSA) is 46.3 Å². The lowest BCUT2D eigenvalue weighted by molar-refractivity contribution is -0.138. The van der Waals surface area contributed by atoms with Crippen LogP contribution >= 0.6 is 12.4 Å². The molecular formula is C15H29ClN2O. The van der Waals surface area contributed by atoms with Gasteiger partial charge in [0.15, 0.2) is 0 Å². The van der Waals surface area contributed by atoms with Crippen molar-refractivity contribution in [1.29, 1.82) is 0 Å². The Morgan fingerprint density at radius 3 is 2.47 bits per heavy atom. The van der Waals surface area contributed by atoms with Crippen LogP contribution < -0.4 is 5.73 Å². The molecule has 0 bridgehead atoms. The maximum absolute atomic E-state index is 12.6. The molecule has 1 saturated carbocycles. The van der Waals surface area contributed by atoms with Crippen molar-refractivity contribution in [3.8, 4) is 0 Å². The minimum Gasteiger partial charge on any atom is -0.341 e. The third-order valence-electron chi connectivity index (χ3n) is 4.88. The van der Waals surface area contributed by atoms with Crippen LogP contribution in [0.1, 0.15) is 64.7 Å². The number of hydrogen-bond acceptors (Lipinski definition) is 2. The molecule has 2 N–H and O–H groups in total. The molecule has 3 nitrogen and oxygen atoms in total. The highest BCUT2D eigenvalue weighted by Crippen LogP contribution is 2.29. The Morgan fingerprint density at radius 1 is 1.16 bits per heavy atom. The van der Waals surface area contributed by atoms with Crippen molar-refractivity contribution in [3.05, 3.63) is 0 Å². The van der Waals surface area contributed by atoms with Gasteiger partial charge in [-0.2, -0.15) is 0 Å². The molecule has 112 valence electrons. The van der Waals surface area contributed by atoms with Gasteiger partial charge in [0.05, 0.1) is 5.54 Å². The fourth-order valence-corrected chi connectivity index (χ4v) is 3.49. The summed E-state index contributed by atoms with van der Waals surface area (Å²) in [7, 11) is 0. The number of carbonyl (C=O) groups is 1. The molecule has 2 aliphatic rings. The van der Waals surface area contributed by atoms with Crippen LogP contribution in [-0.2, 0) is 4.79 Å². The lowest BCUT2D eigenvalue weighted by Gasteiger charge is -2.36. The zero-order valence-electron chi connectivity index (χ0n) is 12.2. The standard InChI is InChI=1S/C15H28N2O.ClH/c1-2-13-7-6-11-17(12-8-13)14(18)15(16)9-4-3-5-10-15;/h13H,2-12,16H2,1H3;1H. The number of carbonyl (C=O) groups excluding carboxylic acids is 1. The largest absolute Gasteiger partial charge is 0.341 e. The first kappa shape index (κ1) is 16.8. The minimum atomic E-state index is -0.537. The van der Waals surface area contributed by atoms with Crippen molar-refractivity contribution in [2.45, 2.75) is 70.3 Å². The molecular weight excluding hydrogens is 260 g/mol. The van der Waals surface area contributed by atoms with Gasteiger partial charge in [0.25, 0.3) is 0 Å². The molecule has 0 aromatic rings. The lowest BCUT2D eigenvalue weighted by Crippen LogP contribution is -2.56. The fraction of sp³-hybridized carbons (Fsp3) is 0.933. The molecule has 1 atom stereocenters. The van der Waals surface area contributed by atoms with Gasteiger partial charge >= 0.3 is 0 Å². The van der Waals surface area contributed by atoms with Crippen LogP contribution in [0.5, 0.6) is 0 Å². The van der Waals surface area contributed by atoms with E-state index in [0.717, 1.165) is 51.1 Å². The zero-order valence-corrected chi connectivity index (χ0v) is 13.0. The molecule has 0 spiro atoms. The van der Waals surface area contributed by atoms with Gasteiger partial charge in [-0.15, -0.1) is 12.4 Å². The average molecular weight is 289 g/mol. The van der Waals surface area contributed by atoms with Crippen molar-refractivity contribution in [2.75, 3.05) is 13.1 Å². The summed E-state index contributed by atoms with van der Waals surface area (Å²) in [5.41, 5.74) is 5.82. The predicted octanol–water partition coefficient (Wildman–Crippen LogP) is 3.11. The summed E-state index contributed by atoms with van der Waals surface area (Å²) in [4.78, 5) is 14.7. The Morgan fingerprint density at radius 2 is 1.84 bits per heavy atom. The van der Waals surface area contributed by atoms with E-state index < -0.39 is 5.54 Å². The van der Waals surface area contributed by atoms with Crippen molar-refractivity contribution >= 4 is 18.3 Å². The van der Waals surface area contributed by atoms with E-state index in [0.29, 0.717) is 0 Å². The molecule has 19 heavy (non-hydrogen) atoms. The van der Waals surface area contributed by atoms with Gasteiger partial charge in [0.2, 0.25) is 5.91 Å². The van der Waals surface area contributed by atoms with E-state index in [1.807, 2.05) is 0 Å². The molecule has 1 unspecified atom stereocenters. The lowest BCUT2D eigenvalue weighted by atomic mass is 9.81. The Labute approximate surface area is 123 Å². The van der Waals surface area contributed by atoms with E-state index in [1.54, 1.807) is 0 Å². The molecule has 1 aliphatic heterocycles. The van der Waals surface area contributed by atoms with Gasteiger partial charge in [0.1, 0.15) is 0 Å². The van der Waals surface area contributed by atoms with E-state index in [1.165, 1.54) is 25.7 Å². The average Bonchev–Trinajstić information content (AvgIpc) is 2.64. The van der Waals surface area contributed by atoms with Crippen LogP contribution in [0.3, 0.4) is 0 Å². The first-order chi connectivity index (χ1) is 8.65. The molecule has 2 rings (SSSR count). The van der Waals surface area contributed by atoms with Crippen molar-refractivity contribution in [2.24, 2.45) is 11.7 Å². The van der Waals surface area contributed by atoms with E-state index in [4.69, 9.17) is 5.73 Å². The monoisotopic (exact) mass is 288 g/mol. The summed E-state index contributed by atoms with van der Waals surface area (Å²) in [6.07, 6.45) is 10.1. The quantitative estimate of drug-likeness (QED) is 0.849. The number of likely N-dealkylation sites (tertiary alicyclic amines) is 1. The van der Waals surface area contributed by atoms with E-state index in [2.05, 4.69) is 11.8 Å². The predicted molar refractivity (Wildman–Crippen MR) is 81.5 cm³/mol. The number of hydrogen-bond donors (Lipinski definition) is 1. The third kappa shape index (κ3) is 4.09. The summed E-state index contributed by atoms with van der Waals surface area (Å²) < 4.78 is 0. The van der Waals surface area contributed by atoms with Crippen molar-refractivity contribution in [3.63, 3.8) is 0 Å². The summed E-state index contributed by atoms with van der Waals surface area (Å²) in [6, 6.07) is 0. The number of nitrogens with two attached hydrogens (primary N) is 1. The second kappa shape index (κ2) is 7.49. The smallest absolute Gasteiger partial charge is 0.242 e. The normalized spacial score (nSPS) is 27.3. The first-order valence-corrected chi connectivity index (χ1v) is 7.74. The highest BCUT2D eigenvalue weighted by Gasteiger charge is 2.38. The molecule has 0 aromatic carbocycles. The second-order valence-corrected chi connectivity index (χ2v) is 6.21. The molecule has 1 saturated heterocycles. The summed E-state index contributed by atoms with van der Waals surface area (Å²) in [5, 5.41) is 0. The number of nitrogens with zero attached hydrogens (tertiary/aromatic N) is 1. The summed E-state index contributed by atoms with van der Waals surface area (Å²) in [5.74, 6) is 1.04. The first-order valence-electron chi connectivity index (χ1n) is 7.74. The van der Waals surface area contributed by atoms with Crippen LogP contribution in [0.15, 0.2) is 0 Å². The van der Waals surface area contributed by atoms with Gasteiger partial charge in [-0.25, -0.2) is 0 Å². The maximum Gasteiger partial charge on any atom is 0.242 e. The minimum absolute atomic E-state index is 0. The molecule has 4 heteroatoms. The molecule has 1 aliphatic carbocycles. The van der Waals surface area contributed by atoms with Gasteiger partial charge in [-0.1, -0.05) is 32.6 Å². The van der Waals surface area contributed by atoms with Gasteiger partial charge in [-0.3, -0.25) is 4.79 Å². The Balaban J connectivity index is 0.00000180. The molecule has 1 heterocycles. The van der Waals surface area contributed by atoms with Crippen molar-refractivity contribution in [1.82, 2.24) is 4.90 Å². The van der Waals surface area contributed by atoms with Gasteiger partial charge in [0, 0.05) is 13.1 Å². The Kier molecular flexibility index (Phi) is 6.61. The van der Waals surface area contributed by atoms with Crippen LogP contribution in [0, 0.1) is 5.92 Å². The molecule has 0 radical (unpaired) electrons. The van der Waals surface area contributed by atoms with Crippen molar-refractivity contribution < 1.29 is 4.79 Å². The van der Waals surface area contributed by atoms with Crippen LogP contribution in [0.2, 0.25) is 0 Å². The van der Waals surface area contributed by atoms with E-state index in [-0.39, 0.29) is 18.3 Å². The van der Waals surface area contributed by atoms with Crippen LogP contribution in [0.4, 0.5) is 0 Å². The molecule has 0 aromatic heterocycles. The number of rotatable bonds is 2. The van der Waals surface area contributed by atoms with Gasteiger partial charge < -0.3 is 10.6 Å². The second-order valence-electron chi connectivity index (χ2n) is 6.21. The zero-order chi connectivity index (χ0) is 13.0. The highest BCUT2D eigenvalue weighted by atomic mass is 35.5. The van der Waals surface area contributed by atoms with Gasteiger partial charge in [-0.05, 0) is 38.0 Å². The summed E-state index contributed by atoms with van der Waals surface area (Å²) >= 11 is 0. The maximum atomic E-state index is 12.6. The van der Waals surface area contributed by atoms with E-state index >= 15 is 0 Å². The number of halogens is 1. The Bertz CT molecular complexity index is 290. The highest BCUT2D eigenvalue weighted by molar-refractivity contribution is 5.86. The summed E-state index contributed by atoms with van der Waals surface area (Å²) in [6.45, 7) is 4.11. The Hall–Kier alpha value is -0.280. The fourth-order valence-electron chi connectivity index (χ4n) is 3.49. The van der Waals surface area contributed by atoms with Crippen LogP contribution in [-0.4, -0.2) is 29.4 Å². The van der Waals surface area contributed by atoms with Crippen LogP contribution in [0.25, 0.3) is 0 Å². The third-order valence-corrected chi connectivity index (χ3v) is 4.88. The SMILES string of the molecule is CCC1CCCN(C(=O)C2(N)CCCCC2)CC1.Cl. The van der Waals surface area contributed by atoms with E-state index in [9.17, 15) is 4.79 Å².